The first kappa shape index (κ1) is 22.4. The number of aryl methyl sites for hydroxylation is 2. The van der Waals surface area contributed by atoms with Gasteiger partial charge < -0.3 is 10.1 Å². The molecule has 0 aliphatic rings. The highest BCUT2D eigenvalue weighted by molar-refractivity contribution is 7.12. The summed E-state index contributed by atoms with van der Waals surface area (Å²) in [6, 6.07) is 1.91. The average molecular weight is 382 g/mol. The predicted molar refractivity (Wildman–Crippen MR) is 105 cm³/mol. The van der Waals surface area contributed by atoms with Crippen LogP contribution in [0.1, 0.15) is 73.0 Å². The highest BCUT2D eigenvalue weighted by Crippen LogP contribution is 2.22. The van der Waals surface area contributed by atoms with Crippen molar-refractivity contribution in [2.45, 2.75) is 72.8 Å². The van der Waals surface area contributed by atoms with Gasteiger partial charge in [0.25, 0.3) is 5.91 Å². The molecule has 0 aliphatic carbocycles. The fourth-order valence-corrected chi connectivity index (χ4v) is 3.64. The van der Waals surface area contributed by atoms with Crippen LogP contribution in [0, 0.1) is 19.8 Å². The molecule has 1 aromatic rings. The van der Waals surface area contributed by atoms with Crippen LogP contribution < -0.4 is 5.32 Å². The van der Waals surface area contributed by atoms with Crippen LogP contribution in [0.25, 0.3) is 0 Å². The van der Waals surface area contributed by atoms with E-state index in [4.69, 9.17) is 4.74 Å². The summed E-state index contributed by atoms with van der Waals surface area (Å²) in [5.74, 6) is -0.230. The molecule has 1 atom stereocenters. The van der Waals surface area contributed by atoms with Crippen molar-refractivity contribution in [1.82, 2.24) is 5.32 Å². The average Bonchev–Trinajstić information content (AvgIpc) is 2.88. The molecule has 0 bridgehead atoms. The van der Waals surface area contributed by atoms with Gasteiger partial charge in [-0.2, -0.15) is 0 Å². The first-order valence-corrected chi connectivity index (χ1v) is 10.1. The number of Topliss-reactive ketones (excluding diaryl/α,β-unsaturated/α-hetero) is 1. The van der Waals surface area contributed by atoms with E-state index < -0.39 is 5.97 Å². The van der Waals surface area contributed by atoms with Crippen molar-refractivity contribution in [2.75, 3.05) is 6.61 Å². The second-order valence-corrected chi connectivity index (χ2v) is 8.66. The van der Waals surface area contributed by atoms with Crippen LogP contribution in [-0.4, -0.2) is 30.3 Å². The van der Waals surface area contributed by atoms with E-state index in [0.717, 1.165) is 29.0 Å². The Morgan fingerprint density at radius 2 is 1.81 bits per heavy atom. The van der Waals surface area contributed by atoms with Crippen molar-refractivity contribution in [2.24, 2.45) is 5.92 Å². The molecule has 1 aromatic heterocycles. The zero-order valence-corrected chi connectivity index (χ0v) is 17.3. The predicted octanol–water partition coefficient (Wildman–Crippen LogP) is 4.20. The summed E-state index contributed by atoms with van der Waals surface area (Å²) in [5.41, 5.74) is 0.674. The lowest BCUT2D eigenvalue weighted by atomic mass is 10.0. The molecule has 0 saturated heterocycles. The number of nitrogens with one attached hydrogen (secondary N) is 1. The summed E-state index contributed by atoms with van der Waals surface area (Å²) in [6.07, 6.45) is 3.19. The Kier molecular flexibility index (Phi) is 9.55. The van der Waals surface area contributed by atoms with Crippen molar-refractivity contribution in [1.29, 1.82) is 0 Å². The minimum Gasteiger partial charge on any atom is -0.456 e. The number of thiophene rings is 1. The Hall–Kier alpha value is -1.69. The summed E-state index contributed by atoms with van der Waals surface area (Å²) in [4.78, 5) is 37.7. The molecule has 1 rings (SSSR count). The second kappa shape index (κ2) is 11.1. The monoisotopic (exact) mass is 381 g/mol. The number of ether oxygens (including phenoxy) is 1. The van der Waals surface area contributed by atoms with Gasteiger partial charge in [-0.25, -0.2) is 0 Å². The van der Waals surface area contributed by atoms with Crippen LogP contribution in [0.2, 0.25) is 0 Å². The van der Waals surface area contributed by atoms with Gasteiger partial charge in [-0.1, -0.05) is 26.7 Å². The minimum atomic E-state index is -0.523. The standard InChI is InChI=1S/C20H31NO4S/c1-13(2)7-6-8-14(3)21-19(23)12-25-20(24)10-9-18(22)17-11-15(4)26-16(17)5/h11,13-14H,6-10,12H2,1-5H3,(H,21,23). The number of hydrogen-bond acceptors (Lipinski definition) is 5. The van der Waals surface area contributed by atoms with E-state index in [0.29, 0.717) is 11.5 Å². The quantitative estimate of drug-likeness (QED) is 0.460. The Bertz CT molecular complexity index is 621. The maximum absolute atomic E-state index is 12.1. The molecule has 0 saturated carbocycles. The van der Waals surface area contributed by atoms with Crippen molar-refractivity contribution in [3.8, 4) is 0 Å². The van der Waals surface area contributed by atoms with E-state index >= 15 is 0 Å². The van der Waals surface area contributed by atoms with E-state index in [1.807, 2.05) is 26.8 Å². The van der Waals surface area contributed by atoms with Gasteiger partial charge in [-0.15, -0.1) is 11.3 Å². The van der Waals surface area contributed by atoms with Gasteiger partial charge in [0.1, 0.15) is 0 Å². The molecule has 0 aromatic carbocycles. The zero-order valence-electron chi connectivity index (χ0n) is 16.5. The maximum Gasteiger partial charge on any atom is 0.306 e. The summed E-state index contributed by atoms with van der Waals surface area (Å²) in [6.45, 7) is 9.85. The van der Waals surface area contributed by atoms with Crippen molar-refractivity contribution in [3.63, 3.8) is 0 Å². The van der Waals surface area contributed by atoms with Crippen LogP contribution in [0.4, 0.5) is 0 Å². The maximum atomic E-state index is 12.1. The lowest BCUT2D eigenvalue weighted by Crippen LogP contribution is -2.35. The van der Waals surface area contributed by atoms with E-state index in [2.05, 4.69) is 19.2 Å². The number of carbonyl (C=O) groups is 3. The number of carbonyl (C=O) groups excluding carboxylic acids is 3. The molecule has 6 heteroatoms. The Labute approximate surface area is 160 Å². The van der Waals surface area contributed by atoms with Crippen LogP contribution in [0.15, 0.2) is 6.07 Å². The molecule has 5 nitrogen and oxygen atoms in total. The lowest BCUT2D eigenvalue weighted by Gasteiger charge is -2.14. The second-order valence-electron chi connectivity index (χ2n) is 7.20. The van der Waals surface area contributed by atoms with Gasteiger partial charge in [0.05, 0.1) is 6.42 Å². The molecule has 1 amide bonds. The number of ketones is 1. The fraction of sp³-hybridized carbons (Fsp3) is 0.650. The molecule has 0 radical (unpaired) electrons. The van der Waals surface area contributed by atoms with E-state index in [1.54, 1.807) is 11.3 Å². The molecule has 0 fully saturated rings. The first-order chi connectivity index (χ1) is 12.2. The van der Waals surface area contributed by atoms with E-state index in [9.17, 15) is 14.4 Å². The third kappa shape index (κ3) is 8.61. The van der Waals surface area contributed by atoms with Gasteiger partial charge in [0.2, 0.25) is 0 Å². The lowest BCUT2D eigenvalue weighted by molar-refractivity contribution is -0.148. The molecular formula is C20H31NO4S. The summed E-state index contributed by atoms with van der Waals surface area (Å²) in [7, 11) is 0. The third-order valence-corrected chi connectivity index (χ3v) is 5.05. The number of esters is 1. The molecule has 1 unspecified atom stereocenters. The fourth-order valence-electron chi connectivity index (χ4n) is 2.70. The number of hydrogen-bond donors (Lipinski definition) is 1. The molecule has 26 heavy (non-hydrogen) atoms. The smallest absolute Gasteiger partial charge is 0.306 e. The van der Waals surface area contributed by atoms with Gasteiger partial charge >= 0.3 is 5.97 Å². The highest BCUT2D eigenvalue weighted by Gasteiger charge is 2.15. The van der Waals surface area contributed by atoms with E-state index in [-0.39, 0.29) is 37.2 Å². The van der Waals surface area contributed by atoms with Gasteiger partial charge in [-0.3, -0.25) is 14.4 Å². The Morgan fingerprint density at radius 1 is 1.12 bits per heavy atom. The van der Waals surface area contributed by atoms with Gasteiger partial charge in [0, 0.05) is 27.8 Å². The third-order valence-electron chi connectivity index (χ3n) is 4.09. The number of amides is 1. The molecule has 146 valence electrons. The summed E-state index contributed by atoms with van der Waals surface area (Å²) in [5, 5.41) is 2.83. The summed E-state index contributed by atoms with van der Waals surface area (Å²) < 4.78 is 4.97. The SMILES string of the molecule is Cc1cc(C(=O)CCC(=O)OCC(=O)NC(C)CCCC(C)C)c(C)s1. The van der Waals surface area contributed by atoms with Crippen LogP contribution in [-0.2, 0) is 14.3 Å². The normalized spacial score (nSPS) is 12.1. The van der Waals surface area contributed by atoms with E-state index in [1.165, 1.54) is 0 Å². The molecule has 1 N–H and O–H groups in total. The molecule has 0 aliphatic heterocycles. The summed E-state index contributed by atoms with van der Waals surface area (Å²) >= 11 is 1.57. The zero-order chi connectivity index (χ0) is 19.7. The number of rotatable bonds is 11. The van der Waals surface area contributed by atoms with Crippen LogP contribution in [0.3, 0.4) is 0 Å². The highest BCUT2D eigenvalue weighted by atomic mass is 32.1. The van der Waals surface area contributed by atoms with Gasteiger partial charge in [0.15, 0.2) is 12.4 Å². The van der Waals surface area contributed by atoms with Crippen molar-refractivity contribution >= 4 is 29.0 Å². The van der Waals surface area contributed by atoms with Gasteiger partial charge in [-0.05, 0) is 39.2 Å². The minimum absolute atomic E-state index is 0.00953. The van der Waals surface area contributed by atoms with Crippen molar-refractivity contribution in [3.05, 3.63) is 21.4 Å². The van der Waals surface area contributed by atoms with Crippen molar-refractivity contribution < 1.29 is 19.1 Å². The largest absolute Gasteiger partial charge is 0.456 e. The topological polar surface area (TPSA) is 72.5 Å². The first-order valence-electron chi connectivity index (χ1n) is 9.24. The molecule has 1 heterocycles. The Morgan fingerprint density at radius 3 is 2.38 bits per heavy atom. The van der Waals surface area contributed by atoms with Crippen LogP contribution >= 0.6 is 11.3 Å². The van der Waals surface area contributed by atoms with Crippen LogP contribution in [0.5, 0.6) is 0 Å². The molecule has 0 spiro atoms. The Balaban J connectivity index is 2.24. The molecular weight excluding hydrogens is 350 g/mol.